The molecule has 0 aromatic heterocycles. The van der Waals surface area contributed by atoms with E-state index in [9.17, 15) is 34.2 Å². The summed E-state index contributed by atoms with van der Waals surface area (Å²) < 4.78 is 37.0. The van der Waals surface area contributed by atoms with Gasteiger partial charge in [-0.15, -0.1) is 0 Å². The third-order valence-electron chi connectivity index (χ3n) is 14.4. The van der Waals surface area contributed by atoms with Gasteiger partial charge in [-0.25, -0.2) is 9.59 Å². The number of hydrogen-bond donors (Lipinski definition) is 3. The molecule has 1 saturated heterocycles. The second-order valence-corrected chi connectivity index (χ2v) is 18.3. The summed E-state index contributed by atoms with van der Waals surface area (Å²) in [6.07, 6.45) is -9.29. The Labute approximate surface area is 372 Å². The molecule has 4 aliphatic rings. The third kappa shape index (κ3) is 7.90. The number of amides is 1. The van der Waals surface area contributed by atoms with Gasteiger partial charge >= 0.3 is 23.9 Å². The molecule has 1 amide bonds. The molecule has 1 aliphatic heterocycles. The van der Waals surface area contributed by atoms with Crippen LogP contribution < -0.4 is 5.32 Å². The highest BCUT2D eigenvalue weighted by molar-refractivity contribution is 5.95. The van der Waals surface area contributed by atoms with E-state index in [0.29, 0.717) is 11.1 Å². The Hall–Kier alpha value is -5.48. The minimum absolute atomic E-state index is 0.0225. The number of ketones is 1. The van der Waals surface area contributed by atoms with Crippen molar-refractivity contribution < 1.29 is 67.4 Å². The van der Waals surface area contributed by atoms with Crippen LogP contribution in [-0.2, 0) is 47.6 Å². The minimum atomic E-state index is -2.30. The molecule has 64 heavy (non-hydrogen) atoms. The molecule has 1 heterocycles. The molecule has 13 atom stereocenters. The number of nitrogens with one attached hydrogen (secondary N) is 1. The van der Waals surface area contributed by atoms with Gasteiger partial charge in [0.25, 0.3) is 5.91 Å². The van der Waals surface area contributed by atoms with Crippen LogP contribution in [0.25, 0.3) is 0 Å². The molecule has 15 nitrogen and oxygen atoms in total. The van der Waals surface area contributed by atoms with Crippen molar-refractivity contribution in [2.75, 3.05) is 13.2 Å². The van der Waals surface area contributed by atoms with Gasteiger partial charge in [0.05, 0.1) is 35.6 Å². The lowest BCUT2D eigenvalue weighted by atomic mass is 9.42. The number of benzene rings is 3. The molecule has 0 radical (unpaired) electrons. The molecule has 3 N–H and O–H groups in total. The molecule has 7 rings (SSSR count). The van der Waals surface area contributed by atoms with E-state index in [0.717, 1.165) is 6.92 Å². The Kier molecular flexibility index (Phi) is 13.0. The lowest BCUT2D eigenvalue weighted by Crippen LogP contribution is -2.83. The van der Waals surface area contributed by atoms with E-state index >= 15 is 4.79 Å². The van der Waals surface area contributed by atoms with Gasteiger partial charge in [0.15, 0.2) is 23.6 Å². The van der Waals surface area contributed by atoms with Crippen LogP contribution in [0.1, 0.15) is 93.6 Å². The predicted octanol–water partition coefficient (Wildman–Crippen LogP) is 4.72. The van der Waals surface area contributed by atoms with Gasteiger partial charge in [0.2, 0.25) is 0 Å². The Bertz CT molecular complexity index is 2240. The standard InChI is InChI=1S/C49H57NO14/c1-8-59-39(37(30-18-12-9-13-19-30)50-43(55)31-20-14-10-15-21-31)45(57)62-33-25-49(58)42(63-44(56)32-22-16-11-17-23-32)40-47(7,34(53)24-35-48(40,26-60-35)64-29(4)52)41(54)38(61-28(3)51)36(27(33)2)46(49,5)6/h9-23,27,33-40,42,53,58H,8,24-26H2,1-7H3,(H,50,55). The van der Waals surface area contributed by atoms with Gasteiger partial charge in [-0.1, -0.05) is 87.5 Å². The van der Waals surface area contributed by atoms with E-state index in [-0.39, 0.29) is 25.2 Å². The van der Waals surface area contributed by atoms with Crippen LogP contribution >= 0.6 is 0 Å². The summed E-state index contributed by atoms with van der Waals surface area (Å²) in [6.45, 7) is 10.2. The molecule has 342 valence electrons. The summed E-state index contributed by atoms with van der Waals surface area (Å²) >= 11 is 0. The molecule has 3 aromatic rings. The molecule has 0 spiro atoms. The molecule has 13 unspecified atom stereocenters. The fourth-order valence-corrected chi connectivity index (χ4v) is 11.1. The normalized spacial score (nSPS) is 33.5. The van der Waals surface area contributed by atoms with Crippen molar-refractivity contribution in [1.82, 2.24) is 5.32 Å². The van der Waals surface area contributed by atoms with Crippen LogP contribution in [0.4, 0.5) is 0 Å². The van der Waals surface area contributed by atoms with E-state index in [1.165, 1.54) is 26.0 Å². The number of ether oxygens (including phenoxy) is 6. The Morgan fingerprint density at radius 1 is 0.844 bits per heavy atom. The number of rotatable bonds is 12. The number of hydrogen-bond acceptors (Lipinski definition) is 14. The van der Waals surface area contributed by atoms with Crippen LogP contribution in [0.5, 0.6) is 0 Å². The van der Waals surface area contributed by atoms with E-state index in [1.807, 2.05) is 0 Å². The number of carbonyl (C=O) groups excluding carboxylic acids is 6. The van der Waals surface area contributed by atoms with E-state index < -0.39 is 124 Å². The highest BCUT2D eigenvalue weighted by Crippen LogP contribution is 2.65. The minimum Gasteiger partial charge on any atom is -0.460 e. The maximum Gasteiger partial charge on any atom is 0.338 e. The SMILES string of the molecule is CCOC(C(=O)OC1CC2(O)C(OC(=O)c3ccccc3)C3C4(OC(C)=O)COC4CC(O)C3(C)C(=O)C(OC(C)=O)C(C1C)C2(C)C)C(NC(=O)c1ccccc1)c1ccccc1. The zero-order valence-corrected chi connectivity index (χ0v) is 37.1. The van der Waals surface area contributed by atoms with E-state index in [1.54, 1.807) is 107 Å². The van der Waals surface area contributed by atoms with Crippen LogP contribution in [0, 0.1) is 28.6 Å². The van der Waals surface area contributed by atoms with Crippen LogP contribution in [0.2, 0.25) is 0 Å². The molecule has 3 aromatic carbocycles. The smallest absolute Gasteiger partial charge is 0.338 e. The lowest BCUT2D eigenvalue weighted by Gasteiger charge is -2.69. The molecule has 3 aliphatic carbocycles. The zero-order chi connectivity index (χ0) is 46.4. The molecule has 4 fully saturated rings. The summed E-state index contributed by atoms with van der Waals surface area (Å²) in [6, 6.07) is 24.1. The summed E-state index contributed by atoms with van der Waals surface area (Å²) in [5.74, 6) is -8.19. The summed E-state index contributed by atoms with van der Waals surface area (Å²) in [5.41, 5.74) is -6.58. The highest BCUT2D eigenvalue weighted by Gasteiger charge is 2.79. The average molecular weight is 884 g/mol. The first kappa shape index (κ1) is 46.5. The van der Waals surface area contributed by atoms with Crippen molar-refractivity contribution in [3.05, 3.63) is 108 Å². The fourth-order valence-electron chi connectivity index (χ4n) is 11.1. The number of aliphatic hydroxyl groups excluding tert-OH is 1. The predicted molar refractivity (Wildman–Crippen MR) is 227 cm³/mol. The van der Waals surface area contributed by atoms with Crippen LogP contribution in [0.15, 0.2) is 91.0 Å². The fraction of sp³-hybridized carbons (Fsp3) is 0.510. The van der Waals surface area contributed by atoms with E-state index in [2.05, 4.69) is 5.32 Å². The first-order chi connectivity index (χ1) is 30.3. The van der Waals surface area contributed by atoms with Crippen LogP contribution in [-0.4, -0.2) is 107 Å². The number of aliphatic hydroxyl groups is 2. The Morgan fingerprint density at radius 2 is 1.44 bits per heavy atom. The number of Topliss-reactive ketones (excluding diaryl/α,β-unsaturated/α-hetero) is 1. The quantitative estimate of drug-likeness (QED) is 0.166. The largest absolute Gasteiger partial charge is 0.460 e. The van der Waals surface area contributed by atoms with Gasteiger partial charge in [-0.2, -0.15) is 0 Å². The summed E-state index contributed by atoms with van der Waals surface area (Å²) in [5, 5.41) is 28.9. The second-order valence-electron chi connectivity index (χ2n) is 18.3. The van der Waals surface area contributed by atoms with Crippen LogP contribution in [0.3, 0.4) is 0 Å². The van der Waals surface area contributed by atoms with Gasteiger partial charge in [0, 0.05) is 56.1 Å². The maximum absolute atomic E-state index is 15.6. The zero-order valence-electron chi connectivity index (χ0n) is 37.1. The van der Waals surface area contributed by atoms with Crippen molar-refractivity contribution >= 4 is 35.6 Å². The van der Waals surface area contributed by atoms with E-state index in [4.69, 9.17) is 28.4 Å². The van der Waals surface area contributed by atoms with Crippen molar-refractivity contribution in [3.63, 3.8) is 0 Å². The molecule has 2 bridgehead atoms. The van der Waals surface area contributed by atoms with Crippen molar-refractivity contribution in [2.24, 2.45) is 28.6 Å². The maximum atomic E-state index is 15.6. The number of fused-ring (bicyclic) bond motifs is 5. The lowest BCUT2D eigenvalue weighted by molar-refractivity contribution is -0.355. The molecule has 3 saturated carbocycles. The van der Waals surface area contributed by atoms with Gasteiger partial charge in [-0.3, -0.25) is 19.2 Å². The molecular formula is C49H57NO14. The Balaban J connectivity index is 1.38. The first-order valence-electron chi connectivity index (χ1n) is 21.7. The molecule has 15 heteroatoms. The van der Waals surface area contributed by atoms with Gasteiger partial charge < -0.3 is 44.0 Å². The van der Waals surface area contributed by atoms with Crippen molar-refractivity contribution in [1.29, 1.82) is 0 Å². The summed E-state index contributed by atoms with van der Waals surface area (Å²) in [4.78, 5) is 84.7. The Morgan fingerprint density at radius 3 is 1.98 bits per heavy atom. The van der Waals surface area contributed by atoms with Crippen molar-refractivity contribution in [2.45, 2.75) is 115 Å². The summed E-state index contributed by atoms with van der Waals surface area (Å²) in [7, 11) is 0. The molecular weight excluding hydrogens is 827 g/mol. The number of esters is 4. The first-order valence-corrected chi connectivity index (χ1v) is 21.7. The monoisotopic (exact) mass is 883 g/mol. The second kappa shape index (κ2) is 17.8. The third-order valence-corrected chi connectivity index (χ3v) is 14.4. The highest BCUT2D eigenvalue weighted by atomic mass is 16.6. The average Bonchev–Trinajstić information content (AvgIpc) is 3.26. The van der Waals surface area contributed by atoms with Gasteiger partial charge in [-0.05, 0) is 43.7 Å². The number of carbonyl (C=O) groups is 6. The topological polar surface area (TPSA) is 210 Å². The van der Waals surface area contributed by atoms with Crippen molar-refractivity contribution in [3.8, 4) is 0 Å². The van der Waals surface area contributed by atoms with Gasteiger partial charge in [0.1, 0.15) is 23.9 Å².